The monoisotopic (exact) mass is 317 g/mol. The second kappa shape index (κ2) is 6.64. The van der Waals surface area contributed by atoms with Crippen LogP contribution < -0.4 is 0 Å². The standard InChI is InChI=1S/C20H31NO2/c1-7-18(22)23-17-14-19(2,3)21(6)20(4,5)16(17)13-15-11-9-8-10-12-15/h8-12,16-17H,7,13-14H2,1-6H3. The fraction of sp³-hybridized carbons (Fsp3) is 0.650. The summed E-state index contributed by atoms with van der Waals surface area (Å²) in [5.41, 5.74) is 1.27. The normalized spacial score (nSPS) is 26.7. The molecule has 0 N–H and O–H groups in total. The molecule has 1 aliphatic heterocycles. The van der Waals surface area contributed by atoms with Crippen LogP contribution in [-0.4, -0.2) is 35.1 Å². The van der Waals surface area contributed by atoms with Crippen molar-refractivity contribution in [3.63, 3.8) is 0 Å². The highest BCUT2D eigenvalue weighted by atomic mass is 16.5. The van der Waals surface area contributed by atoms with Gasteiger partial charge in [-0.1, -0.05) is 37.3 Å². The van der Waals surface area contributed by atoms with Crippen LogP contribution in [0.3, 0.4) is 0 Å². The summed E-state index contributed by atoms with van der Waals surface area (Å²) >= 11 is 0. The van der Waals surface area contributed by atoms with E-state index in [1.807, 2.05) is 13.0 Å². The molecule has 0 amide bonds. The van der Waals surface area contributed by atoms with Gasteiger partial charge in [0.15, 0.2) is 0 Å². The zero-order chi connectivity index (χ0) is 17.3. The average molecular weight is 317 g/mol. The fourth-order valence-electron chi connectivity index (χ4n) is 3.88. The summed E-state index contributed by atoms with van der Waals surface area (Å²) in [7, 11) is 2.19. The highest BCUT2D eigenvalue weighted by Gasteiger charge is 2.51. The Bertz CT molecular complexity index is 536. The summed E-state index contributed by atoms with van der Waals surface area (Å²) in [6.07, 6.45) is 2.20. The van der Waals surface area contributed by atoms with Gasteiger partial charge < -0.3 is 4.74 Å². The summed E-state index contributed by atoms with van der Waals surface area (Å²) < 4.78 is 5.88. The lowest BCUT2D eigenvalue weighted by molar-refractivity contribution is -0.170. The lowest BCUT2D eigenvalue weighted by Gasteiger charge is -2.57. The van der Waals surface area contributed by atoms with Crippen LogP contribution in [0, 0.1) is 5.92 Å². The number of hydrogen-bond acceptors (Lipinski definition) is 3. The van der Waals surface area contributed by atoms with Crippen LogP contribution in [0.15, 0.2) is 30.3 Å². The summed E-state index contributed by atoms with van der Waals surface area (Å²) in [6.45, 7) is 10.9. The van der Waals surface area contributed by atoms with E-state index in [9.17, 15) is 4.79 Å². The number of carbonyl (C=O) groups excluding carboxylic acids is 1. The van der Waals surface area contributed by atoms with Gasteiger partial charge in [0.05, 0.1) is 0 Å². The topological polar surface area (TPSA) is 29.5 Å². The number of nitrogens with zero attached hydrogens (tertiary/aromatic N) is 1. The van der Waals surface area contributed by atoms with Crippen LogP contribution in [0.25, 0.3) is 0 Å². The third-order valence-electron chi connectivity index (χ3n) is 5.70. The van der Waals surface area contributed by atoms with Gasteiger partial charge in [0.25, 0.3) is 0 Å². The first-order chi connectivity index (χ1) is 10.7. The quantitative estimate of drug-likeness (QED) is 0.784. The first-order valence-electron chi connectivity index (χ1n) is 8.66. The minimum Gasteiger partial charge on any atom is -0.462 e. The molecule has 1 heterocycles. The van der Waals surface area contributed by atoms with Crippen LogP contribution in [0.4, 0.5) is 0 Å². The van der Waals surface area contributed by atoms with Crippen LogP contribution >= 0.6 is 0 Å². The van der Waals surface area contributed by atoms with E-state index in [0.29, 0.717) is 6.42 Å². The second-order valence-corrected chi connectivity index (χ2v) is 7.91. The Morgan fingerprint density at radius 3 is 2.39 bits per heavy atom. The van der Waals surface area contributed by atoms with Gasteiger partial charge in [-0.15, -0.1) is 0 Å². The first kappa shape index (κ1) is 18.0. The number of carbonyl (C=O) groups is 1. The van der Waals surface area contributed by atoms with E-state index >= 15 is 0 Å². The van der Waals surface area contributed by atoms with E-state index in [-0.39, 0.29) is 29.1 Å². The van der Waals surface area contributed by atoms with Gasteiger partial charge in [-0.2, -0.15) is 0 Å². The molecule has 2 atom stereocenters. The van der Waals surface area contributed by atoms with Crippen molar-refractivity contribution in [3.8, 4) is 0 Å². The van der Waals surface area contributed by atoms with E-state index in [2.05, 4.69) is 63.9 Å². The third kappa shape index (κ3) is 3.77. The van der Waals surface area contributed by atoms with E-state index in [1.165, 1.54) is 5.56 Å². The summed E-state index contributed by atoms with van der Waals surface area (Å²) in [5, 5.41) is 0. The summed E-state index contributed by atoms with van der Waals surface area (Å²) in [5.74, 6) is 0.183. The van der Waals surface area contributed by atoms with Gasteiger partial charge in [0.1, 0.15) is 6.10 Å². The Morgan fingerprint density at radius 2 is 1.83 bits per heavy atom. The van der Waals surface area contributed by atoms with Crippen molar-refractivity contribution in [3.05, 3.63) is 35.9 Å². The van der Waals surface area contributed by atoms with Crippen LogP contribution in [0.5, 0.6) is 0 Å². The third-order valence-corrected chi connectivity index (χ3v) is 5.70. The summed E-state index contributed by atoms with van der Waals surface area (Å²) in [4.78, 5) is 14.4. The van der Waals surface area contributed by atoms with Crippen molar-refractivity contribution in [2.75, 3.05) is 7.05 Å². The van der Waals surface area contributed by atoms with Gasteiger partial charge >= 0.3 is 5.97 Å². The zero-order valence-electron chi connectivity index (χ0n) is 15.4. The number of benzene rings is 1. The molecular formula is C20H31NO2. The number of ether oxygens (including phenoxy) is 1. The van der Waals surface area contributed by atoms with E-state index in [0.717, 1.165) is 12.8 Å². The van der Waals surface area contributed by atoms with Crippen LogP contribution in [0.1, 0.15) is 53.0 Å². The fourth-order valence-corrected chi connectivity index (χ4v) is 3.88. The maximum Gasteiger partial charge on any atom is 0.305 e. The highest BCUT2D eigenvalue weighted by Crippen LogP contribution is 2.43. The lowest BCUT2D eigenvalue weighted by atomic mass is 9.68. The molecule has 3 heteroatoms. The lowest BCUT2D eigenvalue weighted by Crippen LogP contribution is -2.65. The first-order valence-corrected chi connectivity index (χ1v) is 8.66. The van der Waals surface area contributed by atoms with E-state index < -0.39 is 0 Å². The SMILES string of the molecule is CCC(=O)OC1CC(C)(C)N(C)C(C)(C)C1Cc1ccccc1. The molecule has 0 radical (unpaired) electrons. The minimum absolute atomic E-state index is 0.00930. The zero-order valence-corrected chi connectivity index (χ0v) is 15.4. The van der Waals surface area contributed by atoms with Crippen molar-refractivity contribution < 1.29 is 9.53 Å². The molecule has 128 valence electrons. The number of esters is 1. The second-order valence-electron chi connectivity index (χ2n) is 7.91. The summed E-state index contributed by atoms with van der Waals surface area (Å²) in [6, 6.07) is 10.5. The molecule has 1 fully saturated rings. The molecule has 1 aromatic carbocycles. The van der Waals surface area contributed by atoms with Crippen molar-refractivity contribution >= 4 is 5.97 Å². The number of rotatable bonds is 4. The van der Waals surface area contributed by atoms with Crippen LogP contribution in [-0.2, 0) is 16.0 Å². The van der Waals surface area contributed by atoms with Gasteiger partial charge in [-0.25, -0.2) is 0 Å². The Kier molecular flexibility index (Phi) is 5.20. The van der Waals surface area contributed by atoms with Crippen molar-refractivity contribution in [2.45, 2.75) is 71.1 Å². The van der Waals surface area contributed by atoms with E-state index in [1.54, 1.807) is 0 Å². The molecule has 23 heavy (non-hydrogen) atoms. The Balaban J connectivity index is 2.32. The predicted octanol–water partition coefficient (Wildman–Crippen LogP) is 4.06. The van der Waals surface area contributed by atoms with Gasteiger partial charge in [-0.05, 0) is 46.7 Å². The van der Waals surface area contributed by atoms with Crippen molar-refractivity contribution in [1.29, 1.82) is 0 Å². The molecule has 2 unspecified atom stereocenters. The molecule has 0 aliphatic carbocycles. The van der Waals surface area contributed by atoms with Gasteiger partial charge in [0, 0.05) is 29.8 Å². The number of piperidine rings is 1. The predicted molar refractivity (Wildman–Crippen MR) is 94.3 cm³/mol. The molecule has 3 nitrogen and oxygen atoms in total. The van der Waals surface area contributed by atoms with Crippen molar-refractivity contribution in [2.24, 2.45) is 5.92 Å². The number of hydrogen-bond donors (Lipinski definition) is 0. The molecule has 0 aromatic heterocycles. The van der Waals surface area contributed by atoms with Crippen molar-refractivity contribution in [1.82, 2.24) is 4.90 Å². The molecule has 1 aromatic rings. The maximum atomic E-state index is 11.9. The smallest absolute Gasteiger partial charge is 0.305 e. The van der Waals surface area contributed by atoms with Gasteiger partial charge in [0.2, 0.25) is 0 Å². The molecule has 0 bridgehead atoms. The highest BCUT2D eigenvalue weighted by molar-refractivity contribution is 5.69. The average Bonchev–Trinajstić information content (AvgIpc) is 2.50. The van der Waals surface area contributed by atoms with Gasteiger partial charge in [-0.3, -0.25) is 9.69 Å². The van der Waals surface area contributed by atoms with Crippen LogP contribution in [0.2, 0.25) is 0 Å². The molecule has 2 rings (SSSR count). The molecule has 0 saturated carbocycles. The Hall–Kier alpha value is -1.35. The number of likely N-dealkylation sites (tertiary alicyclic amines) is 1. The maximum absolute atomic E-state index is 11.9. The molecule has 0 spiro atoms. The molecule has 1 saturated heterocycles. The largest absolute Gasteiger partial charge is 0.462 e. The van der Waals surface area contributed by atoms with E-state index in [4.69, 9.17) is 4.74 Å². The Morgan fingerprint density at radius 1 is 1.22 bits per heavy atom. The minimum atomic E-state index is -0.0933. The molecule has 1 aliphatic rings. The molecular weight excluding hydrogens is 286 g/mol. The Labute approximate surface area is 141 Å².